The van der Waals surface area contributed by atoms with Crippen molar-refractivity contribution < 1.29 is 0 Å². The highest BCUT2D eigenvalue weighted by atomic mass is 15.3. The molecule has 0 atom stereocenters. The average molecular weight is 334 g/mol. The lowest BCUT2D eigenvalue weighted by Gasteiger charge is -2.35. The van der Waals surface area contributed by atoms with E-state index in [9.17, 15) is 0 Å². The first-order valence-corrected chi connectivity index (χ1v) is 8.67. The van der Waals surface area contributed by atoms with Crippen LogP contribution in [0, 0.1) is 13.8 Å². The fourth-order valence-electron chi connectivity index (χ4n) is 3.27. The van der Waals surface area contributed by atoms with Gasteiger partial charge in [-0.25, -0.2) is 15.0 Å². The summed E-state index contributed by atoms with van der Waals surface area (Å²) in [6.45, 7) is 8.90. The van der Waals surface area contributed by atoms with E-state index in [1.54, 1.807) is 6.33 Å². The lowest BCUT2D eigenvalue weighted by Crippen LogP contribution is -2.46. The van der Waals surface area contributed by atoms with Gasteiger partial charge < -0.3 is 4.90 Å². The second-order valence-electron chi connectivity index (χ2n) is 6.55. The van der Waals surface area contributed by atoms with Crippen LogP contribution in [0.4, 0.5) is 5.82 Å². The predicted molar refractivity (Wildman–Crippen MR) is 98.5 cm³/mol. The molecule has 1 aliphatic heterocycles. The van der Waals surface area contributed by atoms with E-state index in [1.807, 2.05) is 31.3 Å². The summed E-state index contributed by atoms with van der Waals surface area (Å²) in [4.78, 5) is 22.8. The highest BCUT2D eigenvalue weighted by molar-refractivity contribution is 5.85. The normalized spacial score (nSPS) is 15.7. The monoisotopic (exact) mass is 334 g/mol. The second-order valence-corrected chi connectivity index (χ2v) is 6.55. The molecule has 128 valence electrons. The van der Waals surface area contributed by atoms with E-state index in [2.05, 4.69) is 42.7 Å². The van der Waals surface area contributed by atoms with Crippen LogP contribution in [0.25, 0.3) is 11.0 Å². The summed E-state index contributed by atoms with van der Waals surface area (Å²) in [5, 5.41) is 0. The molecule has 1 aliphatic rings. The minimum absolute atomic E-state index is 0.900. The molecule has 3 aromatic heterocycles. The zero-order valence-electron chi connectivity index (χ0n) is 14.7. The Labute approximate surface area is 147 Å². The van der Waals surface area contributed by atoms with Gasteiger partial charge in [-0.05, 0) is 37.6 Å². The van der Waals surface area contributed by atoms with Gasteiger partial charge in [-0.1, -0.05) is 6.07 Å². The molecule has 0 spiro atoms. The number of aromatic nitrogens is 4. The fraction of sp³-hybridized carbons (Fsp3) is 0.368. The first-order chi connectivity index (χ1) is 12.2. The summed E-state index contributed by atoms with van der Waals surface area (Å²) < 4.78 is 0. The third-order valence-electron chi connectivity index (χ3n) is 4.76. The number of hydrogen-bond donors (Lipinski definition) is 0. The molecule has 6 heteroatoms. The van der Waals surface area contributed by atoms with Gasteiger partial charge in [-0.3, -0.25) is 9.88 Å². The maximum Gasteiger partial charge on any atom is 0.158 e. The Morgan fingerprint density at radius 2 is 1.80 bits per heavy atom. The topological polar surface area (TPSA) is 58.0 Å². The molecule has 4 heterocycles. The number of hydrogen-bond acceptors (Lipinski definition) is 6. The Balaban J connectivity index is 1.49. The highest BCUT2D eigenvalue weighted by Crippen LogP contribution is 2.22. The number of pyridine rings is 2. The van der Waals surface area contributed by atoms with Crippen molar-refractivity contribution in [2.75, 3.05) is 31.1 Å². The highest BCUT2D eigenvalue weighted by Gasteiger charge is 2.21. The van der Waals surface area contributed by atoms with Gasteiger partial charge in [0.2, 0.25) is 0 Å². The summed E-state index contributed by atoms with van der Waals surface area (Å²) in [6, 6.07) is 8.13. The van der Waals surface area contributed by atoms with Gasteiger partial charge in [0.1, 0.15) is 11.8 Å². The zero-order chi connectivity index (χ0) is 17.2. The molecule has 0 aliphatic carbocycles. The van der Waals surface area contributed by atoms with Gasteiger partial charge in [0.05, 0.1) is 11.2 Å². The summed E-state index contributed by atoms with van der Waals surface area (Å²) in [5.74, 6) is 0.947. The van der Waals surface area contributed by atoms with E-state index in [-0.39, 0.29) is 0 Å². The number of nitrogens with zero attached hydrogens (tertiary/aromatic N) is 6. The third-order valence-corrected chi connectivity index (χ3v) is 4.76. The van der Waals surface area contributed by atoms with Crippen molar-refractivity contribution in [3.63, 3.8) is 0 Å². The molecule has 25 heavy (non-hydrogen) atoms. The maximum absolute atomic E-state index is 4.66. The lowest BCUT2D eigenvalue weighted by molar-refractivity contribution is 0.246. The summed E-state index contributed by atoms with van der Waals surface area (Å²) in [5.41, 5.74) is 5.22. The largest absolute Gasteiger partial charge is 0.352 e. The van der Waals surface area contributed by atoms with E-state index < -0.39 is 0 Å². The van der Waals surface area contributed by atoms with Crippen molar-refractivity contribution in [1.29, 1.82) is 0 Å². The molecule has 1 saturated heterocycles. The Morgan fingerprint density at radius 1 is 0.960 bits per heavy atom. The Morgan fingerprint density at radius 3 is 2.60 bits per heavy atom. The molecule has 0 saturated carbocycles. The van der Waals surface area contributed by atoms with Crippen molar-refractivity contribution in [3.05, 3.63) is 53.7 Å². The fourth-order valence-corrected chi connectivity index (χ4v) is 3.27. The van der Waals surface area contributed by atoms with Crippen LogP contribution in [0.5, 0.6) is 0 Å². The van der Waals surface area contributed by atoms with Crippen molar-refractivity contribution in [2.45, 2.75) is 20.4 Å². The number of piperazine rings is 1. The van der Waals surface area contributed by atoms with Crippen LogP contribution in [0.3, 0.4) is 0 Å². The van der Waals surface area contributed by atoms with Crippen molar-refractivity contribution >= 4 is 16.9 Å². The molecule has 4 rings (SSSR count). The molecule has 6 nitrogen and oxygen atoms in total. The minimum Gasteiger partial charge on any atom is -0.352 e. The van der Waals surface area contributed by atoms with Crippen LogP contribution < -0.4 is 4.90 Å². The van der Waals surface area contributed by atoms with E-state index in [4.69, 9.17) is 0 Å². The van der Waals surface area contributed by atoms with Gasteiger partial charge in [-0.15, -0.1) is 0 Å². The van der Waals surface area contributed by atoms with E-state index in [0.29, 0.717) is 0 Å². The number of anilines is 1. The molecular weight excluding hydrogens is 312 g/mol. The molecule has 0 amide bonds. The minimum atomic E-state index is 0.900. The van der Waals surface area contributed by atoms with Gasteiger partial charge >= 0.3 is 0 Å². The molecular formula is C19H22N6. The first kappa shape index (κ1) is 15.9. The standard InChI is InChI=1S/C19H22N6/c1-14-4-3-7-20-17(14)12-24-8-10-25(11-9-24)19-18-16(21-13-22-19)6-5-15(2)23-18/h3-7,13H,8-12H2,1-2H3. The van der Waals surface area contributed by atoms with Crippen molar-refractivity contribution in [3.8, 4) is 0 Å². The average Bonchev–Trinajstić information content (AvgIpc) is 2.64. The van der Waals surface area contributed by atoms with Crippen LogP contribution >= 0.6 is 0 Å². The SMILES string of the molecule is Cc1ccc2ncnc(N3CCN(Cc4ncccc4C)CC3)c2n1. The van der Waals surface area contributed by atoms with Gasteiger partial charge in [0.15, 0.2) is 5.82 Å². The van der Waals surface area contributed by atoms with Crippen LogP contribution in [0.2, 0.25) is 0 Å². The Bertz CT molecular complexity index is 886. The molecule has 0 unspecified atom stereocenters. The predicted octanol–water partition coefficient (Wildman–Crippen LogP) is 2.36. The van der Waals surface area contributed by atoms with Crippen molar-refractivity contribution in [2.24, 2.45) is 0 Å². The lowest BCUT2D eigenvalue weighted by atomic mass is 10.2. The van der Waals surface area contributed by atoms with Gasteiger partial charge in [-0.2, -0.15) is 0 Å². The number of fused-ring (bicyclic) bond motifs is 1. The molecule has 0 N–H and O–H groups in total. The number of aryl methyl sites for hydroxylation is 2. The quantitative estimate of drug-likeness (QED) is 0.733. The summed E-state index contributed by atoms with van der Waals surface area (Å²) in [6.07, 6.45) is 3.51. The molecule has 1 fully saturated rings. The first-order valence-electron chi connectivity index (χ1n) is 8.67. The summed E-state index contributed by atoms with van der Waals surface area (Å²) >= 11 is 0. The van der Waals surface area contributed by atoms with Gasteiger partial charge in [0, 0.05) is 44.6 Å². The van der Waals surface area contributed by atoms with Crippen molar-refractivity contribution in [1.82, 2.24) is 24.8 Å². The van der Waals surface area contributed by atoms with Crippen LogP contribution in [-0.4, -0.2) is 51.0 Å². The van der Waals surface area contributed by atoms with Crippen LogP contribution in [0.15, 0.2) is 36.8 Å². The Hall–Kier alpha value is -2.60. The smallest absolute Gasteiger partial charge is 0.158 e. The Kier molecular flexibility index (Phi) is 4.28. The second kappa shape index (κ2) is 6.72. The maximum atomic E-state index is 4.66. The molecule has 3 aromatic rings. The summed E-state index contributed by atoms with van der Waals surface area (Å²) in [7, 11) is 0. The van der Waals surface area contributed by atoms with E-state index >= 15 is 0 Å². The third kappa shape index (κ3) is 3.30. The van der Waals surface area contributed by atoms with E-state index in [1.165, 1.54) is 11.3 Å². The molecule has 0 bridgehead atoms. The van der Waals surface area contributed by atoms with Crippen LogP contribution in [-0.2, 0) is 6.54 Å². The van der Waals surface area contributed by atoms with Gasteiger partial charge in [0.25, 0.3) is 0 Å². The number of rotatable bonds is 3. The molecule has 0 aromatic carbocycles. The van der Waals surface area contributed by atoms with E-state index in [0.717, 1.165) is 55.3 Å². The molecule has 0 radical (unpaired) electrons. The van der Waals surface area contributed by atoms with Crippen LogP contribution in [0.1, 0.15) is 17.0 Å². The zero-order valence-corrected chi connectivity index (χ0v) is 14.7.